The van der Waals surface area contributed by atoms with Crippen LogP contribution < -0.4 is 10.1 Å². The molecule has 0 fully saturated rings. The number of nitrogens with one attached hydrogen (secondary N) is 1. The van der Waals surface area contributed by atoms with Crippen LogP contribution in [0.3, 0.4) is 0 Å². The zero-order chi connectivity index (χ0) is 14.9. The first-order chi connectivity index (χ1) is 10.8. The maximum Gasteiger partial charge on any atom is 0.262 e. The fraction of sp³-hybridized carbons (Fsp3) is 0.188. The molecular weight excluding hydrogens is 280 g/mol. The first-order valence-electron chi connectivity index (χ1n) is 7.16. The minimum atomic E-state index is -0.235. The number of carbonyl (C=O) groups excluding carboxylic acids is 1. The molecule has 1 N–H and O–H groups in total. The average Bonchev–Trinajstić information content (AvgIpc) is 2.99. The molecule has 110 valence electrons. The minimum Gasteiger partial charge on any atom is -0.477 e. The van der Waals surface area contributed by atoms with E-state index in [4.69, 9.17) is 4.74 Å². The molecule has 1 aliphatic heterocycles. The Bertz CT molecular complexity index is 851. The number of para-hydroxylation sites is 1. The van der Waals surface area contributed by atoms with Crippen molar-refractivity contribution in [2.45, 2.75) is 13.0 Å². The van der Waals surface area contributed by atoms with Crippen LogP contribution in [0.5, 0.6) is 5.88 Å². The fourth-order valence-corrected chi connectivity index (χ4v) is 2.62. The van der Waals surface area contributed by atoms with E-state index in [0.29, 0.717) is 23.7 Å². The number of benzene rings is 1. The van der Waals surface area contributed by atoms with E-state index in [9.17, 15) is 4.79 Å². The smallest absolute Gasteiger partial charge is 0.262 e. The molecule has 1 aliphatic rings. The van der Waals surface area contributed by atoms with Gasteiger partial charge < -0.3 is 10.1 Å². The highest BCUT2D eigenvalue weighted by atomic mass is 16.5. The van der Waals surface area contributed by atoms with Gasteiger partial charge in [-0.05, 0) is 12.1 Å². The number of aryl methyl sites for hydroxylation is 1. The lowest BCUT2D eigenvalue weighted by Crippen LogP contribution is -2.18. The monoisotopic (exact) mass is 294 g/mol. The van der Waals surface area contributed by atoms with Gasteiger partial charge in [0.1, 0.15) is 5.56 Å². The molecule has 0 atom stereocenters. The Morgan fingerprint density at radius 2 is 2.18 bits per heavy atom. The molecule has 3 heterocycles. The third kappa shape index (κ3) is 2.09. The van der Waals surface area contributed by atoms with Crippen LogP contribution in [0.25, 0.3) is 10.9 Å². The number of aromatic nitrogens is 3. The Kier molecular flexibility index (Phi) is 3.00. The minimum absolute atomic E-state index is 0.235. The van der Waals surface area contributed by atoms with E-state index in [0.717, 1.165) is 23.9 Å². The van der Waals surface area contributed by atoms with Crippen molar-refractivity contribution in [3.05, 3.63) is 48.3 Å². The number of carbonyl (C=O) groups is 1. The number of hydrogen-bond donors (Lipinski definition) is 1. The molecule has 0 unspecified atom stereocenters. The van der Waals surface area contributed by atoms with E-state index >= 15 is 0 Å². The van der Waals surface area contributed by atoms with Crippen molar-refractivity contribution in [3.8, 4) is 5.88 Å². The van der Waals surface area contributed by atoms with Gasteiger partial charge in [0.25, 0.3) is 5.91 Å². The highest BCUT2D eigenvalue weighted by Gasteiger charge is 2.22. The van der Waals surface area contributed by atoms with Gasteiger partial charge in [0, 0.05) is 24.5 Å². The standard InChI is InChI=1S/C16H14N4O2/c21-15(12-10-18-20-8-3-9-22-16(12)20)19-13-6-1-4-11-5-2-7-17-14(11)13/h1-2,4-7,10H,3,8-9H2,(H,19,21). The van der Waals surface area contributed by atoms with Crippen molar-refractivity contribution >= 4 is 22.5 Å². The van der Waals surface area contributed by atoms with Crippen LogP contribution in [0.4, 0.5) is 5.69 Å². The number of hydrogen-bond acceptors (Lipinski definition) is 4. The Morgan fingerprint density at radius 1 is 1.27 bits per heavy atom. The Hall–Kier alpha value is -2.89. The van der Waals surface area contributed by atoms with E-state index in [1.165, 1.54) is 0 Å². The number of amides is 1. The van der Waals surface area contributed by atoms with Crippen LogP contribution in [-0.4, -0.2) is 27.3 Å². The van der Waals surface area contributed by atoms with Gasteiger partial charge in [-0.25, -0.2) is 4.68 Å². The van der Waals surface area contributed by atoms with Crippen LogP contribution in [0.2, 0.25) is 0 Å². The largest absolute Gasteiger partial charge is 0.477 e. The average molecular weight is 294 g/mol. The summed E-state index contributed by atoms with van der Waals surface area (Å²) in [4.78, 5) is 16.9. The maximum atomic E-state index is 12.5. The molecule has 0 spiro atoms. The normalized spacial score (nSPS) is 13.5. The molecule has 1 amide bonds. The van der Waals surface area contributed by atoms with E-state index in [1.54, 1.807) is 17.1 Å². The molecule has 6 heteroatoms. The van der Waals surface area contributed by atoms with Crippen LogP contribution in [0, 0.1) is 0 Å². The molecule has 0 aliphatic carbocycles. The lowest BCUT2D eigenvalue weighted by molar-refractivity contribution is 0.102. The summed E-state index contributed by atoms with van der Waals surface area (Å²) in [6.45, 7) is 1.39. The van der Waals surface area contributed by atoms with Gasteiger partial charge in [-0.2, -0.15) is 5.10 Å². The molecule has 22 heavy (non-hydrogen) atoms. The second-order valence-electron chi connectivity index (χ2n) is 5.12. The number of rotatable bonds is 2. The van der Waals surface area contributed by atoms with Crippen LogP contribution >= 0.6 is 0 Å². The van der Waals surface area contributed by atoms with Gasteiger partial charge in [0.2, 0.25) is 5.88 Å². The Balaban J connectivity index is 1.68. The number of pyridine rings is 1. The summed E-state index contributed by atoms with van der Waals surface area (Å²) in [7, 11) is 0. The summed E-state index contributed by atoms with van der Waals surface area (Å²) < 4.78 is 7.29. The topological polar surface area (TPSA) is 69.0 Å². The van der Waals surface area contributed by atoms with Crippen LogP contribution in [-0.2, 0) is 6.54 Å². The van der Waals surface area contributed by atoms with Crippen molar-refractivity contribution in [1.82, 2.24) is 14.8 Å². The lowest BCUT2D eigenvalue weighted by atomic mass is 10.2. The third-order valence-electron chi connectivity index (χ3n) is 3.67. The molecule has 6 nitrogen and oxygen atoms in total. The maximum absolute atomic E-state index is 12.5. The summed E-state index contributed by atoms with van der Waals surface area (Å²) in [5.74, 6) is 0.304. The predicted octanol–water partition coefficient (Wildman–Crippen LogP) is 2.47. The van der Waals surface area contributed by atoms with Gasteiger partial charge in [-0.15, -0.1) is 0 Å². The number of fused-ring (bicyclic) bond motifs is 2. The SMILES string of the molecule is O=C(Nc1cccc2cccnc12)c1cnn2c1OCCC2. The van der Waals surface area contributed by atoms with Crippen molar-refractivity contribution in [2.75, 3.05) is 11.9 Å². The van der Waals surface area contributed by atoms with Crippen LogP contribution in [0.1, 0.15) is 16.8 Å². The molecule has 0 radical (unpaired) electrons. The van der Waals surface area contributed by atoms with E-state index in [1.807, 2.05) is 30.3 Å². The molecular formula is C16H14N4O2. The van der Waals surface area contributed by atoms with Gasteiger partial charge >= 0.3 is 0 Å². The zero-order valence-corrected chi connectivity index (χ0v) is 11.8. The van der Waals surface area contributed by atoms with Gasteiger partial charge in [-0.3, -0.25) is 9.78 Å². The van der Waals surface area contributed by atoms with Gasteiger partial charge in [0.05, 0.1) is 24.0 Å². The Morgan fingerprint density at radius 3 is 3.14 bits per heavy atom. The van der Waals surface area contributed by atoms with Crippen molar-refractivity contribution in [1.29, 1.82) is 0 Å². The first-order valence-corrected chi connectivity index (χ1v) is 7.16. The summed E-state index contributed by atoms with van der Waals surface area (Å²) in [6, 6.07) is 9.52. The summed E-state index contributed by atoms with van der Waals surface area (Å²) in [5, 5.41) is 8.08. The van der Waals surface area contributed by atoms with E-state index < -0.39 is 0 Å². The second kappa shape index (κ2) is 5.14. The molecule has 0 saturated heterocycles. The summed E-state index contributed by atoms with van der Waals surface area (Å²) in [5.41, 5.74) is 1.90. The van der Waals surface area contributed by atoms with Crippen LogP contribution in [0.15, 0.2) is 42.7 Å². The first kappa shape index (κ1) is 12.8. The quantitative estimate of drug-likeness (QED) is 0.788. The van der Waals surface area contributed by atoms with E-state index in [2.05, 4.69) is 15.4 Å². The molecule has 1 aromatic carbocycles. The molecule has 4 rings (SSSR count). The van der Waals surface area contributed by atoms with E-state index in [-0.39, 0.29) is 5.91 Å². The van der Waals surface area contributed by atoms with Gasteiger partial charge in [-0.1, -0.05) is 18.2 Å². The lowest BCUT2D eigenvalue weighted by Gasteiger charge is -2.16. The number of ether oxygens (including phenoxy) is 1. The predicted molar refractivity (Wildman–Crippen MR) is 82.0 cm³/mol. The summed E-state index contributed by atoms with van der Waals surface area (Å²) >= 11 is 0. The van der Waals surface area contributed by atoms with Crippen molar-refractivity contribution in [2.24, 2.45) is 0 Å². The summed E-state index contributed by atoms with van der Waals surface area (Å²) in [6.07, 6.45) is 4.17. The fourth-order valence-electron chi connectivity index (χ4n) is 2.62. The zero-order valence-electron chi connectivity index (χ0n) is 11.8. The van der Waals surface area contributed by atoms with Gasteiger partial charge in [0.15, 0.2) is 0 Å². The Labute approximate surface area is 126 Å². The van der Waals surface area contributed by atoms with Crippen molar-refractivity contribution < 1.29 is 9.53 Å². The molecule has 2 aromatic heterocycles. The third-order valence-corrected chi connectivity index (χ3v) is 3.67. The number of anilines is 1. The highest BCUT2D eigenvalue weighted by Crippen LogP contribution is 2.25. The highest BCUT2D eigenvalue weighted by molar-refractivity contribution is 6.09. The molecule has 3 aromatic rings. The number of nitrogens with zero attached hydrogens (tertiary/aromatic N) is 3. The second-order valence-corrected chi connectivity index (χ2v) is 5.12. The van der Waals surface area contributed by atoms with Crippen molar-refractivity contribution in [3.63, 3.8) is 0 Å². The molecule has 0 saturated carbocycles. The molecule has 0 bridgehead atoms.